The van der Waals surface area contributed by atoms with E-state index in [1.165, 1.54) is 0 Å². The average Bonchev–Trinajstić information content (AvgIpc) is 2.10. The summed E-state index contributed by atoms with van der Waals surface area (Å²) in [7, 11) is 0. The van der Waals surface area contributed by atoms with Crippen LogP contribution < -0.4 is 0 Å². The minimum atomic E-state index is 0.129. The summed E-state index contributed by atoms with van der Waals surface area (Å²) in [6.45, 7) is 3.70. The Balaban J connectivity index is 3.31. The molecule has 0 amide bonds. The lowest BCUT2D eigenvalue weighted by atomic mass is 10.3. The molecule has 1 N–H and O–H groups in total. The van der Waals surface area contributed by atoms with Crippen molar-refractivity contribution in [3.05, 3.63) is 49.1 Å². The highest BCUT2D eigenvalue weighted by molar-refractivity contribution is 5.02. The molecule has 0 unspecified atom stereocenters. The molecule has 12 heavy (non-hydrogen) atoms. The second-order valence-corrected chi connectivity index (χ2v) is 2.26. The van der Waals surface area contributed by atoms with Gasteiger partial charge in [-0.25, -0.2) is 0 Å². The van der Waals surface area contributed by atoms with Crippen LogP contribution in [0.1, 0.15) is 12.8 Å². The van der Waals surface area contributed by atoms with Crippen LogP contribution in [0.25, 0.3) is 0 Å². The van der Waals surface area contributed by atoms with E-state index in [0.29, 0.717) is 0 Å². The maximum Gasteiger partial charge on any atom is 0.0612 e. The van der Waals surface area contributed by atoms with E-state index in [4.69, 9.17) is 5.11 Å². The van der Waals surface area contributed by atoms with E-state index < -0.39 is 0 Å². The first-order valence-corrected chi connectivity index (χ1v) is 4.10. The maximum atomic E-state index is 8.41. The quantitative estimate of drug-likeness (QED) is 0.472. The van der Waals surface area contributed by atoms with E-state index in [2.05, 4.69) is 18.7 Å². The van der Waals surface area contributed by atoms with Gasteiger partial charge in [-0.15, -0.1) is 0 Å². The molecule has 0 rings (SSSR count). The molecule has 0 spiro atoms. The topological polar surface area (TPSA) is 20.2 Å². The lowest BCUT2D eigenvalue weighted by Gasteiger charge is -1.81. The Hall–Kier alpha value is -1.08. The van der Waals surface area contributed by atoms with Gasteiger partial charge in [0.15, 0.2) is 0 Å². The van der Waals surface area contributed by atoms with Gasteiger partial charge >= 0.3 is 0 Å². The van der Waals surface area contributed by atoms with Gasteiger partial charge in [0.1, 0.15) is 0 Å². The molecular weight excluding hydrogens is 148 g/mol. The van der Waals surface area contributed by atoms with Gasteiger partial charge in [-0.3, -0.25) is 0 Å². The fourth-order valence-corrected chi connectivity index (χ4v) is 0.695. The van der Waals surface area contributed by atoms with Gasteiger partial charge in [0.05, 0.1) is 6.61 Å². The number of hydrogen-bond donors (Lipinski definition) is 1. The Kier molecular flexibility index (Phi) is 9.03. The fraction of sp³-hybridized carbons (Fsp3) is 0.273. The van der Waals surface area contributed by atoms with Crippen LogP contribution in [-0.2, 0) is 0 Å². The minimum absolute atomic E-state index is 0.129. The van der Waals surface area contributed by atoms with Gasteiger partial charge in [-0.05, 0) is 12.8 Å². The van der Waals surface area contributed by atoms with Gasteiger partial charge in [-0.2, -0.15) is 0 Å². The van der Waals surface area contributed by atoms with Crippen LogP contribution in [-0.4, -0.2) is 11.7 Å². The SMILES string of the molecule is C=CC=CCC=CCC=CCO. The van der Waals surface area contributed by atoms with E-state index in [0.717, 1.165) is 12.8 Å². The number of aliphatic hydroxyl groups excluding tert-OH is 1. The monoisotopic (exact) mass is 164 g/mol. The van der Waals surface area contributed by atoms with E-state index in [1.54, 1.807) is 12.2 Å². The maximum absolute atomic E-state index is 8.41. The molecule has 0 radical (unpaired) electrons. The number of allylic oxidation sites excluding steroid dienone is 6. The highest BCUT2D eigenvalue weighted by Gasteiger charge is 1.71. The molecule has 0 fully saturated rings. The molecule has 0 aliphatic rings. The van der Waals surface area contributed by atoms with Crippen molar-refractivity contribution < 1.29 is 5.11 Å². The molecule has 0 aromatic carbocycles. The third-order valence-electron chi connectivity index (χ3n) is 1.26. The first-order valence-electron chi connectivity index (χ1n) is 4.10. The highest BCUT2D eigenvalue weighted by Crippen LogP contribution is 1.90. The summed E-state index contributed by atoms with van der Waals surface area (Å²) in [6, 6.07) is 0. The summed E-state index contributed by atoms with van der Waals surface area (Å²) < 4.78 is 0. The van der Waals surface area contributed by atoms with Crippen molar-refractivity contribution >= 4 is 0 Å². The van der Waals surface area contributed by atoms with Crippen molar-refractivity contribution in [3.63, 3.8) is 0 Å². The van der Waals surface area contributed by atoms with Crippen LogP contribution in [0.3, 0.4) is 0 Å². The van der Waals surface area contributed by atoms with Gasteiger partial charge in [0.2, 0.25) is 0 Å². The van der Waals surface area contributed by atoms with Crippen LogP contribution in [0, 0.1) is 0 Å². The van der Waals surface area contributed by atoms with Crippen molar-refractivity contribution in [2.75, 3.05) is 6.61 Å². The molecule has 0 heterocycles. The molecule has 0 bridgehead atoms. The van der Waals surface area contributed by atoms with Crippen molar-refractivity contribution in [2.24, 2.45) is 0 Å². The van der Waals surface area contributed by atoms with Crippen LogP contribution in [0.2, 0.25) is 0 Å². The lowest BCUT2D eigenvalue weighted by molar-refractivity contribution is 0.342. The molecule has 66 valence electrons. The van der Waals surface area contributed by atoms with E-state index >= 15 is 0 Å². The average molecular weight is 164 g/mol. The van der Waals surface area contributed by atoms with E-state index in [9.17, 15) is 0 Å². The van der Waals surface area contributed by atoms with E-state index in [-0.39, 0.29) is 6.61 Å². The van der Waals surface area contributed by atoms with Crippen molar-refractivity contribution in [3.8, 4) is 0 Å². The zero-order valence-corrected chi connectivity index (χ0v) is 7.32. The van der Waals surface area contributed by atoms with Crippen LogP contribution >= 0.6 is 0 Å². The normalized spacial score (nSPS) is 12.1. The highest BCUT2D eigenvalue weighted by atomic mass is 16.2. The van der Waals surface area contributed by atoms with E-state index in [1.807, 2.05) is 18.2 Å². The summed E-state index contributed by atoms with van der Waals surface area (Å²) in [5.74, 6) is 0. The van der Waals surface area contributed by atoms with Crippen molar-refractivity contribution in [2.45, 2.75) is 12.8 Å². The molecule has 0 aromatic rings. The first-order chi connectivity index (χ1) is 5.91. The molecular formula is C11H16O. The minimum Gasteiger partial charge on any atom is -0.392 e. The standard InChI is InChI=1S/C11H16O/c1-2-3-4-5-6-7-8-9-10-11-12/h2-4,6-7,9-10,12H,1,5,8,11H2. The largest absolute Gasteiger partial charge is 0.392 e. The first kappa shape index (κ1) is 10.9. The Morgan fingerprint density at radius 3 is 2.08 bits per heavy atom. The smallest absolute Gasteiger partial charge is 0.0612 e. The second kappa shape index (κ2) is 9.92. The molecule has 0 saturated carbocycles. The van der Waals surface area contributed by atoms with Gasteiger partial charge < -0.3 is 5.11 Å². The van der Waals surface area contributed by atoms with Crippen LogP contribution in [0.15, 0.2) is 49.1 Å². The summed E-state index contributed by atoms with van der Waals surface area (Å²) in [5, 5.41) is 8.41. The number of aliphatic hydroxyl groups is 1. The molecule has 0 atom stereocenters. The summed E-state index contributed by atoms with van der Waals surface area (Å²) in [4.78, 5) is 0. The van der Waals surface area contributed by atoms with Gasteiger partial charge in [0.25, 0.3) is 0 Å². The Morgan fingerprint density at radius 1 is 0.917 bits per heavy atom. The Bertz CT molecular complexity index is 175. The molecule has 0 aliphatic carbocycles. The molecule has 0 aliphatic heterocycles. The zero-order valence-electron chi connectivity index (χ0n) is 7.32. The number of rotatable bonds is 6. The summed E-state index contributed by atoms with van der Waals surface area (Å²) >= 11 is 0. The van der Waals surface area contributed by atoms with Gasteiger partial charge in [-0.1, -0.05) is 49.1 Å². The zero-order chi connectivity index (χ0) is 9.07. The fourth-order valence-electron chi connectivity index (χ4n) is 0.695. The second-order valence-electron chi connectivity index (χ2n) is 2.26. The number of hydrogen-bond acceptors (Lipinski definition) is 1. The van der Waals surface area contributed by atoms with Crippen molar-refractivity contribution in [1.29, 1.82) is 0 Å². The van der Waals surface area contributed by atoms with Crippen LogP contribution in [0.5, 0.6) is 0 Å². The molecule has 0 aromatic heterocycles. The molecule has 1 heteroatoms. The predicted molar refractivity (Wildman–Crippen MR) is 53.9 cm³/mol. The van der Waals surface area contributed by atoms with Crippen LogP contribution in [0.4, 0.5) is 0 Å². The molecule has 0 saturated heterocycles. The Labute approximate surface area is 74.4 Å². The summed E-state index contributed by atoms with van der Waals surface area (Å²) in [5.41, 5.74) is 0. The third-order valence-corrected chi connectivity index (χ3v) is 1.26. The van der Waals surface area contributed by atoms with Crippen molar-refractivity contribution in [1.82, 2.24) is 0 Å². The molecule has 1 nitrogen and oxygen atoms in total. The summed E-state index contributed by atoms with van der Waals surface area (Å²) in [6.07, 6.45) is 15.4. The third kappa shape index (κ3) is 8.92. The van der Waals surface area contributed by atoms with Gasteiger partial charge in [0, 0.05) is 0 Å². The predicted octanol–water partition coefficient (Wildman–Crippen LogP) is 2.61. The Morgan fingerprint density at radius 2 is 1.50 bits per heavy atom. The lowest BCUT2D eigenvalue weighted by Crippen LogP contribution is -1.69.